The van der Waals surface area contributed by atoms with Crippen molar-refractivity contribution in [2.45, 2.75) is 25.0 Å². The van der Waals surface area contributed by atoms with Crippen LogP contribution >= 0.6 is 11.3 Å². The van der Waals surface area contributed by atoms with Crippen LogP contribution in [0.2, 0.25) is 0 Å². The third-order valence-corrected chi connectivity index (χ3v) is 4.09. The Labute approximate surface area is 121 Å². The largest absolute Gasteiger partial charge is 0.388 e. The second-order valence-corrected chi connectivity index (χ2v) is 5.81. The van der Waals surface area contributed by atoms with Crippen LogP contribution in [0.25, 0.3) is 0 Å². The summed E-state index contributed by atoms with van der Waals surface area (Å²) in [6, 6.07) is 3.76. The zero-order valence-electron chi connectivity index (χ0n) is 11.1. The van der Waals surface area contributed by atoms with Gasteiger partial charge in [-0.2, -0.15) is 0 Å². The molecule has 1 aliphatic rings. The van der Waals surface area contributed by atoms with E-state index in [2.05, 4.69) is 10.6 Å². The molecule has 6 nitrogen and oxygen atoms in total. The van der Waals surface area contributed by atoms with Crippen molar-refractivity contribution < 1.29 is 19.4 Å². The summed E-state index contributed by atoms with van der Waals surface area (Å²) in [6.45, 7) is 1.34. The average molecular weight is 298 g/mol. The highest BCUT2D eigenvalue weighted by Gasteiger charge is 2.30. The third-order valence-electron chi connectivity index (χ3n) is 3.21. The molecule has 1 aromatic rings. The minimum atomic E-state index is -0.970. The number of thiophene rings is 1. The zero-order valence-corrected chi connectivity index (χ0v) is 11.9. The minimum absolute atomic E-state index is 0.0710. The Balaban J connectivity index is 1.72. The molecule has 3 N–H and O–H groups in total. The Hall–Kier alpha value is -1.44. The number of amides is 2. The maximum Gasteiger partial charge on any atom is 0.309 e. The van der Waals surface area contributed by atoms with Gasteiger partial charge in [0.25, 0.3) is 0 Å². The van der Waals surface area contributed by atoms with E-state index in [4.69, 9.17) is 4.74 Å². The zero-order chi connectivity index (χ0) is 14.4. The number of nitrogens with one attached hydrogen (secondary N) is 2. The Bertz CT molecular complexity index is 455. The normalized spacial score (nSPS) is 17.4. The van der Waals surface area contributed by atoms with Gasteiger partial charge in [0, 0.05) is 37.5 Å². The van der Waals surface area contributed by atoms with E-state index in [9.17, 15) is 14.7 Å². The minimum Gasteiger partial charge on any atom is -0.388 e. The molecule has 0 unspecified atom stereocenters. The molecule has 1 aromatic heterocycles. The number of carbonyl (C=O) groups is 2. The van der Waals surface area contributed by atoms with Crippen LogP contribution in [0.4, 0.5) is 0 Å². The van der Waals surface area contributed by atoms with Crippen molar-refractivity contribution in [2.24, 2.45) is 0 Å². The van der Waals surface area contributed by atoms with Gasteiger partial charge >= 0.3 is 11.8 Å². The summed E-state index contributed by atoms with van der Waals surface area (Å²) in [7, 11) is 0. The maximum absolute atomic E-state index is 11.6. The number of hydrogen-bond donors (Lipinski definition) is 3. The number of ether oxygens (including phenoxy) is 1. The predicted octanol–water partition coefficient (Wildman–Crippen LogP) is 0.0220. The monoisotopic (exact) mass is 298 g/mol. The summed E-state index contributed by atoms with van der Waals surface area (Å²) >= 11 is 1.51. The fraction of sp³-hybridized carbons (Fsp3) is 0.538. The van der Waals surface area contributed by atoms with Crippen LogP contribution in [0.1, 0.15) is 17.7 Å². The molecule has 1 saturated heterocycles. The maximum atomic E-state index is 11.6. The second-order valence-electron chi connectivity index (χ2n) is 4.78. The van der Waals surface area contributed by atoms with Crippen LogP contribution in [0.15, 0.2) is 17.5 Å². The van der Waals surface area contributed by atoms with Crippen LogP contribution in [-0.4, -0.2) is 42.3 Å². The van der Waals surface area contributed by atoms with E-state index >= 15 is 0 Å². The van der Waals surface area contributed by atoms with Crippen LogP contribution < -0.4 is 10.6 Å². The summed E-state index contributed by atoms with van der Waals surface area (Å²) in [5.74, 6) is -1.41. The standard InChI is InChI=1S/C13H18N2O4S/c16-11(14-8-10-2-1-7-20-10)12(17)15-9-13(18)3-5-19-6-4-13/h1-2,7,18H,3-6,8-9H2,(H,14,16)(H,15,17). The highest BCUT2D eigenvalue weighted by atomic mass is 32.1. The first-order chi connectivity index (χ1) is 9.59. The lowest BCUT2D eigenvalue weighted by Crippen LogP contribution is -2.49. The molecule has 0 radical (unpaired) electrons. The van der Waals surface area contributed by atoms with Crippen LogP contribution in [-0.2, 0) is 20.9 Å². The first kappa shape index (κ1) is 15.0. The van der Waals surface area contributed by atoms with Gasteiger partial charge in [-0.3, -0.25) is 9.59 Å². The summed E-state index contributed by atoms with van der Waals surface area (Å²) in [5.41, 5.74) is -0.970. The van der Waals surface area contributed by atoms with Gasteiger partial charge in [0.05, 0.1) is 12.1 Å². The summed E-state index contributed by atoms with van der Waals surface area (Å²) in [4.78, 5) is 24.2. The summed E-state index contributed by atoms with van der Waals surface area (Å²) in [6.07, 6.45) is 0.925. The van der Waals surface area contributed by atoms with E-state index in [0.717, 1.165) is 4.88 Å². The van der Waals surface area contributed by atoms with Crippen LogP contribution in [0, 0.1) is 0 Å². The molecule has 0 saturated carbocycles. The van der Waals surface area contributed by atoms with Crippen molar-refractivity contribution in [1.82, 2.24) is 10.6 Å². The van der Waals surface area contributed by atoms with Crippen molar-refractivity contribution in [3.63, 3.8) is 0 Å². The number of hydrogen-bond acceptors (Lipinski definition) is 5. The predicted molar refractivity (Wildman–Crippen MR) is 74.2 cm³/mol. The number of rotatable bonds is 4. The van der Waals surface area contributed by atoms with Gasteiger partial charge < -0.3 is 20.5 Å². The molecule has 0 atom stereocenters. The SMILES string of the molecule is O=C(NCc1cccs1)C(=O)NCC1(O)CCOCC1. The Morgan fingerprint density at radius 1 is 1.30 bits per heavy atom. The molecule has 2 heterocycles. The topological polar surface area (TPSA) is 87.7 Å². The lowest BCUT2D eigenvalue weighted by atomic mass is 9.94. The first-order valence-electron chi connectivity index (χ1n) is 6.48. The Morgan fingerprint density at radius 3 is 2.65 bits per heavy atom. The molecule has 20 heavy (non-hydrogen) atoms. The molecule has 1 aliphatic heterocycles. The molecule has 2 amide bonds. The molecule has 7 heteroatoms. The lowest BCUT2D eigenvalue weighted by molar-refractivity contribution is -0.140. The van der Waals surface area contributed by atoms with Gasteiger partial charge in [-0.25, -0.2) is 0 Å². The van der Waals surface area contributed by atoms with E-state index in [1.165, 1.54) is 11.3 Å². The number of carbonyl (C=O) groups excluding carboxylic acids is 2. The van der Waals surface area contributed by atoms with Gasteiger partial charge in [0.1, 0.15) is 0 Å². The highest BCUT2D eigenvalue weighted by Crippen LogP contribution is 2.19. The second kappa shape index (κ2) is 6.83. The molecule has 110 valence electrons. The van der Waals surface area contributed by atoms with Crippen LogP contribution in [0.3, 0.4) is 0 Å². The summed E-state index contributed by atoms with van der Waals surface area (Å²) in [5, 5.41) is 17.1. The summed E-state index contributed by atoms with van der Waals surface area (Å²) < 4.78 is 5.15. The Morgan fingerprint density at radius 2 is 2.00 bits per heavy atom. The van der Waals surface area contributed by atoms with Gasteiger partial charge in [0.2, 0.25) is 0 Å². The van der Waals surface area contributed by atoms with Gasteiger partial charge in [-0.05, 0) is 11.4 Å². The molecular weight excluding hydrogens is 280 g/mol. The number of aliphatic hydroxyl groups is 1. The quantitative estimate of drug-likeness (QED) is 0.684. The van der Waals surface area contributed by atoms with Crippen molar-refractivity contribution in [1.29, 1.82) is 0 Å². The van der Waals surface area contributed by atoms with Crippen LogP contribution in [0.5, 0.6) is 0 Å². The van der Waals surface area contributed by atoms with Gasteiger partial charge in [-0.15, -0.1) is 11.3 Å². The van der Waals surface area contributed by atoms with E-state index in [1.807, 2.05) is 17.5 Å². The molecule has 0 spiro atoms. The average Bonchev–Trinajstić information content (AvgIpc) is 2.96. The highest BCUT2D eigenvalue weighted by molar-refractivity contribution is 7.09. The van der Waals surface area contributed by atoms with Crippen molar-refractivity contribution in [3.8, 4) is 0 Å². The van der Waals surface area contributed by atoms with Crippen molar-refractivity contribution in [2.75, 3.05) is 19.8 Å². The molecule has 0 aliphatic carbocycles. The molecule has 2 rings (SSSR count). The Kier molecular flexibility index (Phi) is 5.11. The smallest absolute Gasteiger partial charge is 0.309 e. The van der Waals surface area contributed by atoms with E-state index < -0.39 is 17.4 Å². The first-order valence-corrected chi connectivity index (χ1v) is 7.36. The third kappa shape index (κ3) is 4.29. The fourth-order valence-corrected chi connectivity index (χ4v) is 2.56. The van der Waals surface area contributed by atoms with E-state index in [1.54, 1.807) is 0 Å². The molecule has 0 bridgehead atoms. The lowest BCUT2D eigenvalue weighted by Gasteiger charge is -2.31. The molecule has 0 aromatic carbocycles. The van der Waals surface area contributed by atoms with Gasteiger partial charge in [0.15, 0.2) is 0 Å². The fourth-order valence-electron chi connectivity index (χ4n) is 1.91. The van der Waals surface area contributed by atoms with E-state index in [-0.39, 0.29) is 6.54 Å². The van der Waals surface area contributed by atoms with Gasteiger partial charge in [-0.1, -0.05) is 6.07 Å². The molecule has 1 fully saturated rings. The molecular formula is C13H18N2O4S. The van der Waals surface area contributed by atoms with E-state index in [0.29, 0.717) is 32.6 Å². The van der Waals surface area contributed by atoms with Crippen molar-refractivity contribution >= 4 is 23.2 Å². The van der Waals surface area contributed by atoms with Crippen molar-refractivity contribution in [3.05, 3.63) is 22.4 Å².